The van der Waals surface area contributed by atoms with E-state index in [9.17, 15) is 30.7 Å². The van der Waals surface area contributed by atoms with Crippen molar-refractivity contribution in [3.63, 3.8) is 0 Å². The van der Waals surface area contributed by atoms with Gasteiger partial charge in [-0.25, -0.2) is 40.7 Å². The molecule has 0 atom stereocenters. The van der Waals surface area contributed by atoms with Crippen molar-refractivity contribution >= 4 is 88.9 Å². The largest absolute Gasteiger partial charge is 0.247 e. The van der Waals surface area contributed by atoms with Crippen LogP contribution in [0.5, 0.6) is 0 Å². The highest BCUT2D eigenvalue weighted by molar-refractivity contribution is 7.00. The minimum absolute atomic E-state index is 0.0688. The summed E-state index contributed by atoms with van der Waals surface area (Å²) in [5.41, 5.74) is 8.32. The number of nitrogens with zero attached hydrogens (tertiary/aromatic N) is 8. The molecule has 17 heteroatoms. The molecule has 386 valence electrons. The van der Waals surface area contributed by atoms with Crippen molar-refractivity contribution in [1.82, 2.24) is 27.5 Å². The Kier molecular flexibility index (Phi) is 12.5. The van der Waals surface area contributed by atoms with E-state index in [4.69, 9.17) is 20.5 Å². The zero-order valence-corrected chi connectivity index (χ0v) is 42.9. The lowest BCUT2D eigenvalue weighted by atomic mass is 9.95. The van der Waals surface area contributed by atoms with Gasteiger partial charge < -0.3 is 0 Å². The summed E-state index contributed by atoms with van der Waals surface area (Å²) < 4.78 is 119. The zero-order chi connectivity index (χ0) is 55.6. The molecule has 4 aromatic heterocycles. The van der Waals surface area contributed by atoms with E-state index >= 15 is 0 Å². The second kappa shape index (κ2) is 20.2. The standard InChI is InChI=1S/C32H14F4N4S.C32H15F3N4S/c33-27-22(15-37)28(34)30(36)25(29(27)35)17-8-6-16(7-9-17)19-10-11-20-24(14-19)38-31(18-4-2-1-3-5-18)21-12-13-23-32(26(20)21)40-41-39-23;33-25-15-23(29(34)30(35)24(25)16-36)18-8-6-17(7-9-18)20-10-11-21-27(14-20)37-31(19-4-2-1-3-5-19)22-12-13-26-32(28(21)22)39-40-38-26/h1-14H;1-15H. The molecule has 0 spiro atoms. The summed E-state index contributed by atoms with van der Waals surface area (Å²) in [6, 6.07) is 55.5. The Morgan fingerprint density at radius 2 is 0.741 bits per heavy atom. The molecule has 0 aliphatic heterocycles. The monoisotopic (exact) mass is 1110 g/mol. The topological polar surface area (TPSA) is 125 Å². The van der Waals surface area contributed by atoms with Crippen LogP contribution in [-0.2, 0) is 0 Å². The first-order valence-electron chi connectivity index (χ1n) is 24.6. The molecule has 0 amide bonds. The highest BCUT2D eigenvalue weighted by Gasteiger charge is 2.27. The van der Waals surface area contributed by atoms with E-state index in [-0.39, 0.29) is 11.1 Å². The van der Waals surface area contributed by atoms with E-state index in [2.05, 4.69) is 17.5 Å². The normalized spacial score (nSPS) is 11.4. The Hall–Kier alpha value is -10.3. The molecular weight excluding hydrogens is 1080 g/mol. The number of fused-ring (bicyclic) bond motifs is 10. The van der Waals surface area contributed by atoms with Crippen LogP contribution in [0.2, 0.25) is 0 Å². The molecule has 0 N–H and O–H groups in total. The first kappa shape index (κ1) is 50.2. The van der Waals surface area contributed by atoms with Crippen LogP contribution in [0.3, 0.4) is 0 Å². The van der Waals surface area contributed by atoms with Gasteiger partial charge in [-0.3, -0.25) is 0 Å². The molecule has 8 nitrogen and oxygen atoms in total. The van der Waals surface area contributed by atoms with Gasteiger partial charge in [0.2, 0.25) is 0 Å². The highest BCUT2D eigenvalue weighted by Crippen LogP contribution is 2.41. The Morgan fingerprint density at radius 3 is 1.20 bits per heavy atom. The number of hydrogen-bond acceptors (Lipinski definition) is 10. The Morgan fingerprint density at radius 1 is 0.333 bits per heavy atom. The first-order valence-corrected chi connectivity index (χ1v) is 26.1. The minimum atomic E-state index is -1.73. The average Bonchev–Trinajstić information content (AvgIpc) is 4.43. The molecule has 81 heavy (non-hydrogen) atoms. The molecule has 0 saturated carbocycles. The van der Waals surface area contributed by atoms with Gasteiger partial charge in [0.1, 0.15) is 51.1 Å². The van der Waals surface area contributed by atoms with Gasteiger partial charge in [-0.1, -0.05) is 133 Å². The van der Waals surface area contributed by atoms with Crippen LogP contribution in [-0.4, -0.2) is 27.5 Å². The molecule has 10 aromatic carbocycles. The molecule has 0 aliphatic rings. The summed E-state index contributed by atoms with van der Waals surface area (Å²) in [6.07, 6.45) is 0. The summed E-state index contributed by atoms with van der Waals surface area (Å²) in [6.45, 7) is 0. The summed E-state index contributed by atoms with van der Waals surface area (Å²) in [4.78, 5) is 10.1. The van der Waals surface area contributed by atoms with Crippen LogP contribution >= 0.6 is 23.5 Å². The van der Waals surface area contributed by atoms with Crippen LogP contribution in [0, 0.1) is 63.4 Å². The van der Waals surface area contributed by atoms with Gasteiger partial charge >= 0.3 is 0 Å². The van der Waals surface area contributed by atoms with E-state index in [1.807, 2.05) is 121 Å². The first-order chi connectivity index (χ1) is 39.5. The van der Waals surface area contributed by atoms with E-state index in [0.717, 1.165) is 123 Å². The van der Waals surface area contributed by atoms with E-state index in [0.29, 0.717) is 16.6 Å². The minimum Gasteiger partial charge on any atom is -0.247 e. The van der Waals surface area contributed by atoms with Gasteiger partial charge in [0, 0.05) is 49.0 Å². The summed E-state index contributed by atoms with van der Waals surface area (Å²) in [5.74, 6) is -10.5. The third kappa shape index (κ3) is 8.51. The van der Waals surface area contributed by atoms with Crippen LogP contribution < -0.4 is 0 Å². The quantitative estimate of drug-likeness (QED) is 0.0916. The van der Waals surface area contributed by atoms with Gasteiger partial charge in [0.05, 0.1) is 51.4 Å². The maximum Gasteiger partial charge on any atom is 0.180 e. The van der Waals surface area contributed by atoms with Gasteiger partial charge in [0.25, 0.3) is 0 Å². The lowest BCUT2D eigenvalue weighted by Crippen LogP contribution is -2.03. The molecule has 0 bridgehead atoms. The molecule has 0 aliphatic carbocycles. The maximum absolute atomic E-state index is 14.6. The zero-order valence-electron chi connectivity index (χ0n) is 41.3. The molecule has 0 fully saturated rings. The van der Waals surface area contributed by atoms with Crippen LogP contribution in [0.15, 0.2) is 176 Å². The predicted octanol–water partition coefficient (Wildman–Crippen LogP) is 17.5. The number of rotatable bonds is 6. The predicted molar refractivity (Wildman–Crippen MR) is 302 cm³/mol. The second-order valence-corrected chi connectivity index (χ2v) is 19.7. The maximum atomic E-state index is 14.6. The van der Waals surface area contributed by atoms with E-state index in [1.165, 1.54) is 29.9 Å². The highest BCUT2D eigenvalue weighted by atomic mass is 32.1. The summed E-state index contributed by atoms with van der Waals surface area (Å²) >= 11 is 2.32. The van der Waals surface area contributed by atoms with E-state index in [1.54, 1.807) is 36.4 Å². The number of nitriles is 2. The molecule has 14 rings (SSSR count). The molecule has 14 aromatic rings. The van der Waals surface area contributed by atoms with Gasteiger partial charge in [-0.15, -0.1) is 0 Å². The van der Waals surface area contributed by atoms with Crippen molar-refractivity contribution in [3.8, 4) is 79.2 Å². The van der Waals surface area contributed by atoms with Crippen molar-refractivity contribution in [2.75, 3.05) is 0 Å². The van der Waals surface area contributed by atoms with Gasteiger partial charge in [-0.05, 0) is 75.8 Å². The number of pyridine rings is 2. The fourth-order valence-corrected chi connectivity index (χ4v) is 11.3. The third-order valence-corrected chi connectivity index (χ3v) is 15.2. The third-order valence-electron chi connectivity index (χ3n) is 14.1. The molecule has 0 unspecified atom stereocenters. The van der Waals surface area contributed by atoms with Crippen molar-refractivity contribution in [2.45, 2.75) is 0 Å². The fourth-order valence-electron chi connectivity index (χ4n) is 10.2. The lowest BCUT2D eigenvalue weighted by molar-refractivity contribution is 0.454. The number of benzene rings is 10. The Balaban J connectivity index is 0.000000153. The van der Waals surface area contributed by atoms with Gasteiger partial charge in [-0.2, -0.15) is 28.0 Å². The smallest absolute Gasteiger partial charge is 0.180 e. The lowest BCUT2D eigenvalue weighted by Gasteiger charge is -2.12. The SMILES string of the molecule is N#Cc1c(F)c(F)c(-c2ccc(-c3ccc4c(c3)nc(-c3ccccc3)c3ccc5nsnc5c34)cc2)c(F)c1F.N#Cc1c(F)cc(-c2ccc(-c3ccc4c(c3)nc(-c3ccccc3)c3ccc5nsnc5c34)cc2)c(F)c1F. The van der Waals surface area contributed by atoms with E-state index < -0.39 is 57.4 Å². The number of halogens is 7. The van der Waals surface area contributed by atoms with Crippen molar-refractivity contribution in [3.05, 3.63) is 228 Å². The Bertz CT molecular complexity index is 4960. The molecular formula is C64H29F7N8S2. The van der Waals surface area contributed by atoms with Crippen LogP contribution in [0.25, 0.3) is 132 Å². The number of aromatic nitrogens is 6. The second-order valence-electron chi connectivity index (χ2n) is 18.7. The fraction of sp³-hybridized carbons (Fsp3) is 0. The summed E-state index contributed by atoms with van der Waals surface area (Å²) in [7, 11) is 0. The average molecular weight is 1110 g/mol. The van der Waals surface area contributed by atoms with Crippen LogP contribution in [0.1, 0.15) is 11.1 Å². The van der Waals surface area contributed by atoms with Crippen molar-refractivity contribution < 1.29 is 30.7 Å². The van der Waals surface area contributed by atoms with Crippen molar-refractivity contribution in [2.24, 2.45) is 0 Å². The molecule has 0 radical (unpaired) electrons. The summed E-state index contributed by atoms with van der Waals surface area (Å²) in [5, 5.41) is 23.5. The van der Waals surface area contributed by atoms with Gasteiger partial charge in [0.15, 0.2) is 34.9 Å². The molecule has 0 saturated heterocycles. The van der Waals surface area contributed by atoms with Crippen molar-refractivity contribution in [1.29, 1.82) is 10.5 Å². The molecule has 4 heterocycles. The Labute approximate surface area is 462 Å². The van der Waals surface area contributed by atoms with Crippen LogP contribution in [0.4, 0.5) is 30.7 Å². The number of hydrogen-bond donors (Lipinski definition) is 0.